The number of amides is 1. The number of nitrogens with zero attached hydrogens (tertiary/aromatic N) is 3. The quantitative estimate of drug-likeness (QED) is 0.676. The minimum Gasteiger partial charge on any atom is -0.460 e. The molecule has 0 aliphatic carbocycles. The van der Waals surface area contributed by atoms with Crippen molar-refractivity contribution in [3.63, 3.8) is 0 Å². The number of hydrogen-bond acceptors (Lipinski definition) is 4. The molecule has 1 fully saturated rings. The number of piperazine rings is 1. The minimum atomic E-state index is -0.185. The first-order valence-electron chi connectivity index (χ1n) is 9.42. The molecule has 0 unspecified atom stereocenters. The molecule has 28 heavy (non-hydrogen) atoms. The fraction of sp³-hybridized carbons (Fsp3) is 0.333. The van der Waals surface area contributed by atoms with Crippen molar-refractivity contribution in [1.29, 1.82) is 0 Å². The van der Waals surface area contributed by atoms with E-state index in [-0.39, 0.29) is 11.5 Å². The van der Waals surface area contributed by atoms with Crippen LogP contribution in [0, 0.1) is 6.92 Å². The SMILES string of the molecule is CCn1ccc2oc(C)c(C(=O)N3CCN(c4ccccc4Cl)CC3)c2c1=O. The third-order valence-electron chi connectivity index (χ3n) is 5.31. The van der Waals surface area contributed by atoms with Crippen LogP contribution in [0.4, 0.5) is 5.69 Å². The number of fused-ring (bicyclic) bond motifs is 1. The number of carbonyl (C=O) groups is 1. The molecule has 0 saturated carbocycles. The van der Waals surface area contributed by atoms with Gasteiger partial charge in [-0.15, -0.1) is 0 Å². The smallest absolute Gasteiger partial charge is 0.262 e. The largest absolute Gasteiger partial charge is 0.460 e. The van der Waals surface area contributed by atoms with Crippen LogP contribution in [0.25, 0.3) is 11.0 Å². The van der Waals surface area contributed by atoms with Crippen molar-refractivity contribution in [3.05, 3.63) is 63.2 Å². The zero-order chi connectivity index (χ0) is 19.8. The maximum absolute atomic E-state index is 13.2. The Kier molecular flexibility index (Phi) is 4.89. The van der Waals surface area contributed by atoms with Crippen molar-refractivity contribution in [1.82, 2.24) is 9.47 Å². The van der Waals surface area contributed by atoms with Gasteiger partial charge in [0.25, 0.3) is 11.5 Å². The molecule has 1 aliphatic rings. The predicted molar refractivity (Wildman–Crippen MR) is 110 cm³/mol. The number of aryl methyl sites for hydroxylation is 2. The van der Waals surface area contributed by atoms with Gasteiger partial charge >= 0.3 is 0 Å². The number of halogens is 1. The molecular formula is C21H22ClN3O3. The standard InChI is InChI=1S/C21H22ClN3O3/c1-3-23-9-8-17-19(21(23)27)18(14(2)28-17)20(26)25-12-10-24(11-13-25)16-7-5-4-6-15(16)22/h4-9H,3,10-13H2,1-2H3. The number of rotatable bonds is 3. The molecule has 146 valence electrons. The fourth-order valence-corrected chi connectivity index (χ4v) is 4.04. The van der Waals surface area contributed by atoms with E-state index in [2.05, 4.69) is 4.90 Å². The highest BCUT2D eigenvalue weighted by atomic mass is 35.5. The molecule has 4 rings (SSSR count). The molecule has 6 nitrogen and oxygen atoms in total. The molecule has 0 atom stereocenters. The Morgan fingerprint density at radius 2 is 1.86 bits per heavy atom. The number of furan rings is 1. The second kappa shape index (κ2) is 7.36. The summed E-state index contributed by atoms with van der Waals surface area (Å²) in [6.45, 7) is 6.67. The van der Waals surface area contributed by atoms with Gasteiger partial charge < -0.3 is 18.8 Å². The monoisotopic (exact) mass is 399 g/mol. The molecule has 1 aromatic carbocycles. The number of benzene rings is 1. The van der Waals surface area contributed by atoms with E-state index in [1.54, 1.807) is 28.7 Å². The van der Waals surface area contributed by atoms with Crippen LogP contribution in [0.3, 0.4) is 0 Å². The van der Waals surface area contributed by atoms with Crippen molar-refractivity contribution < 1.29 is 9.21 Å². The average molecular weight is 400 g/mol. The summed E-state index contributed by atoms with van der Waals surface area (Å²) >= 11 is 6.30. The molecule has 0 N–H and O–H groups in total. The normalized spacial score (nSPS) is 14.7. The van der Waals surface area contributed by atoms with Crippen LogP contribution >= 0.6 is 11.6 Å². The number of pyridine rings is 1. The van der Waals surface area contributed by atoms with E-state index in [1.165, 1.54) is 0 Å². The van der Waals surface area contributed by atoms with E-state index in [0.717, 1.165) is 5.69 Å². The lowest BCUT2D eigenvalue weighted by Gasteiger charge is -2.36. The van der Waals surface area contributed by atoms with Gasteiger partial charge in [0.15, 0.2) is 0 Å². The van der Waals surface area contributed by atoms with E-state index in [9.17, 15) is 9.59 Å². The van der Waals surface area contributed by atoms with E-state index in [0.29, 0.717) is 60.0 Å². The Labute approximate surface area is 167 Å². The number of carbonyl (C=O) groups excluding carboxylic acids is 1. The van der Waals surface area contributed by atoms with E-state index < -0.39 is 0 Å². The van der Waals surface area contributed by atoms with Crippen LogP contribution in [0.15, 0.2) is 45.7 Å². The van der Waals surface area contributed by atoms with Gasteiger partial charge in [-0.25, -0.2) is 0 Å². The lowest BCUT2D eigenvalue weighted by Crippen LogP contribution is -2.49. The number of para-hydroxylation sites is 1. The highest BCUT2D eigenvalue weighted by molar-refractivity contribution is 6.33. The highest BCUT2D eigenvalue weighted by Crippen LogP contribution is 2.28. The van der Waals surface area contributed by atoms with Crippen molar-refractivity contribution in [3.8, 4) is 0 Å². The molecule has 3 aromatic rings. The van der Waals surface area contributed by atoms with Crippen LogP contribution in [0.5, 0.6) is 0 Å². The molecule has 1 saturated heterocycles. The Balaban J connectivity index is 1.60. The first-order valence-corrected chi connectivity index (χ1v) is 9.80. The van der Waals surface area contributed by atoms with Gasteiger partial charge in [-0.3, -0.25) is 9.59 Å². The average Bonchev–Trinajstić information content (AvgIpc) is 3.05. The van der Waals surface area contributed by atoms with E-state index in [1.807, 2.05) is 31.2 Å². The van der Waals surface area contributed by atoms with E-state index in [4.69, 9.17) is 16.0 Å². The molecule has 0 radical (unpaired) electrons. The minimum absolute atomic E-state index is 0.152. The third-order valence-corrected chi connectivity index (χ3v) is 5.63. The van der Waals surface area contributed by atoms with Gasteiger partial charge in [0, 0.05) is 38.9 Å². The van der Waals surface area contributed by atoms with Crippen LogP contribution < -0.4 is 10.5 Å². The van der Waals surface area contributed by atoms with Gasteiger partial charge in [-0.1, -0.05) is 23.7 Å². The van der Waals surface area contributed by atoms with Gasteiger partial charge in [-0.05, 0) is 32.0 Å². The second-order valence-corrected chi connectivity index (χ2v) is 7.32. The molecule has 3 heterocycles. The van der Waals surface area contributed by atoms with Crippen LogP contribution in [0.2, 0.25) is 5.02 Å². The summed E-state index contributed by atoms with van der Waals surface area (Å²) in [6.07, 6.45) is 1.70. The number of hydrogen-bond donors (Lipinski definition) is 0. The zero-order valence-electron chi connectivity index (χ0n) is 15.9. The molecule has 1 aliphatic heterocycles. The third kappa shape index (κ3) is 3.07. The first kappa shape index (κ1) is 18.6. The molecule has 0 spiro atoms. The predicted octanol–water partition coefficient (Wildman–Crippen LogP) is 3.54. The van der Waals surface area contributed by atoms with Gasteiger partial charge in [-0.2, -0.15) is 0 Å². The molecular weight excluding hydrogens is 378 g/mol. The zero-order valence-corrected chi connectivity index (χ0v) is 16.7. The molecule has 7 heteroatoms. The van der Waals surface area contributed by atoms with Gasteiger partial charge in [0.2, 0.25) is 0 Å². The summed E-state index contributed by atoms with van der Waals surface area (Å²) in [5.74, 6) is 0.334. The summed E-state index contributed by atoms with van der Waals surface area (Å²) in [7, 11) is 0. The Morgan fingerprint density at radius 3 is 2.54 bits per heavy atom. The molecule has 2 aromatic heterocycles. The van der Waals surface area contributed by atoms with Crippen molar-refractivity contribution >= 4 is 34.2 Å². The van der Waals surface area contributed by atoms with Crippen LogP contribution in [-0.4, -0.2) is 41.6 Å². The highest BCUT2D eigenvalue weighted by Gasteiger charge is 2.28. The maximum atomic E-state index is 13.2. The van der Waals surface area contributed by atoms with Crippen molar-refractivity contribution in [2.24, 2.45) is 0 Å². The van der Waals surface area contributed by atoms with Crippen molar-refractivity contribution in [2.45, 2.75) is 20.4 Å². The lowest BCUT2D eigenvalue weighted by molar-refractivity contribution is 0.0746. The second-order valence-electron chi connectivity index (χ2n) is 6.91. The van der Waals surface area contributed by atoms with Gasteiger partial charge in [0.1, 0.15) is 11.3 Å². The summed E-state index contributed by atoms with van der Waals surface area (Å²) in [5.41, 5.74) is 1.64. The number of anilines is 1. The topological polar surface area (TPSA) is 58.7 Å². The Hall–Kier alpha value is -2.73. The lowest BCUT2D eigenvalue weighted by atomic mass is 10.1. The van der Waals surface area contributed by atoms with Crippen molar-refractivity contribution in [2.75, 3.05) is 31.1 Å². The Bertz CT molecular complexity index is 1090. The summed E-state index contributed by atoms with van der Waals surface area (Å²) in [5, 5.41) is 1.08. The van der Waals surface area contributed by atoms with Gasteiger partial charge in [0.05, 0.1) is 21.7 Å². The summed E-state index contributed by atoms with van der Waals surface area (Å²) in [6, 6.07) is 9.47. The molecule has 0 bridgehead atoms. The summed E-state index contributed by atoms with van der Waals surface area (Å²) in [4.78, 5) is 30.0. The maximum Gasteiger partial charge on any atom is 0.262 e. The van der Waals surface area contributed by atoms with Crippen LogP contribution in [-0.2, 0) is 6.54 Å². The first-order chi connectivity index (χ1) is 13.5. The fourth-order valence-electron chi connectivity index (χ4n) is 3.79. The number of aromatic nitrogens is 1. The van der Waals surface area contributed by atoms with E-state index >= 15 is 0 Å². The molecule has 1 amide bonds. The summed E-state index contributed by atoms with van der Waals surface area (Å²) < 4.78 is 7.30. The Morgan fingerprint density at radius 1 is 1.14 bits per heavy atom. The van der Waals surface area contributed by atoms with Crippen LogP contribution in [0.1, 0.15) is 23.0 Å².